The second-order valence-electron chi connectivity index (χ2n) is 3.97. The van der Waals surface area contributed by atoms with Gasteiger partial charge in [-0.3, -0.25) is 9.25 Å². The Labute approximate surface area is 113 Å². The van der Waals surface area contributed by atoms with Crippen molar-refractivity contribution in [1.82, 2.24) is 9.78 Å². The minimum absolute atomic E-state index is 0.0436. The van der Waals surface area contributed by atoms with E-state index in [9.17, 15) is 13.0 Å². The fourth-order valence-corrected chi connectivity index (χ4v) is 4.12. The molecule has 0 unspecified atom stereocenters. The first kappa shape index (κ1) is 16.4. The SMILES string of the molecule is CCOP(=O)(Cc1cc(S(C)(=O)=O)n(C)n1)OCC. The summed E-state index contributed by atoms with van der Waals surface area (Å²) in [6.07, 6.45) is 1.05. The van der Waals surface area contributed by atoms with Gasteiger partial charge in [0, 0.05) is 13.3 Å². The van der Waals surface area contributed by atoms with Crippen LogP contribution in [-0.2, 0) is 36.7 Å². The molecule has 1 rings (SSSR count). The van der Waals surface area contributed by atoms with Gasteiger partial charge in [0.15, 0.2) is 14.9 Å². The molecule has 110 valence electrons. The lowest BCUT2D eigenvalue weighted by molar-refractivity contribution is 0.219. The van der Waals surface area contributed by atoms with Crippen LogP contribution in [0.3, 0.4) is 0 Å². The number of nitrogens with zero attached hydrogens (tertiary/aromatic N) is 2. The van der Waals surface area contributed by atoms with E-state index in [0.717, 1.165) is 6.26 Å². The Bertz CT molecular complexity index is 571. The number of rotatable bonds is 7. The zero-order chi connectivity index (χ0) is 14.7. The van der Waals surface area contributed by atoms with Crippen molar-refractivity contribution in [3.63, 3.8) is 0 Å². The second-order valence-corrected chi connectivity index (χ2v) is 7.99. The summed E-state index contributed by atoms with van der Waals surface area (Å²) in [6.45, 7) is 3.93. The highest BCUT2D eigenvalue weighted by molar-refractivity contribution is 7.90. The molecular weight excluding hydrogens is 291 g/mol. The third-order valence-corrected chi connectivity index (χ3v) is 5.43. The molecule has 1 aromatic rings. The first-order chi connectivity index (χ1) is 8.72. The minimum Gasteiger partial charge on any atom is -0.309 e. The van der Waals surface area contributed by atoms with Crippen molar-refractivity contribution in [1.29, 1.82) is 0 Å². The lowest BCUT2D eigenvalue weighted by Gasteiger charge is -2.15. The van der Waals surface area contributed by atoms with Gasteiger partial charge in [-0.2, -0.15) is 5.10 Å². The van der Waals surface area contributed by atoms with Crippen LogP contribution in [0.1, 0.15) is 19.5 Å². The fraction of sp³-hybridized carbons (Fsp3) is 0.700. The maximum Gasteiger partial charge on any atom is 0.336 e. The molecule has 0 aliphatic heterocycles. The summed E-state index contributed by atoms with van der Waals surface area (Å²) >= 11 is 0. The molecule has 0 saturated heterocycles. The Balaban J connectivity index is 3.02. The van der Waals surface area contributed by atoms with Crippen LogP contribution in [0.15, 0.2) is 11.1 Å². The van der Waals surface area contributed by atoms with E-state index in [1.54, 1.807) is 13.8 Å². The first-order valence-corrected chi connectivity index (χ1v) is 9.45. The highest BCUT2D eigenvalue weighted by atomic mass is 32.2. The smallest absolute Gasteiger partial charge is 0.309 e. The maximum absolute atomic E-state index is 12.3. The molecule has 0 N–H and O–H groups in total. The molecule has 9 heteroatoms. The van der Waals surface area contributed by atoms with Gasteiger partial charge in [-0.1, -0.05) is 0 Å². The molecule has 1 heterocycles. The summed E-state index contributed by atoms with van der Waals surface area (Å²) in [5.74, 6) is 0. The molecule has 0 spiro atoms. The minimum atomic E-state index is -3.36. The predicted octanol–water partition coefficient (Wildman–Crippen LogP) is 1.59. The summed E-state index contributed by atoms with van der Waals surface area (Å²) in [6, 6.07) is 1.39. The van der Waals surface area contributed by atoms with E-state index in [2.05, 4.69) is 5.10 Å². The van der Waals surface area contributed by atoms with Gasteiger partial charge in [0.2, 0.25) is 0 Å². The molecule has 0 fully saturated rings. The van der Waals surface area contributed by atoms with Crippen molar-refractivity contribution in [2.75, 3.05) is 19.5 Å². The van der Waals surface area contributed by atoms with Crippen LogP contribution in [0.5, 0.6) is 0 Å². The number of aryl methyl sites for hydroxylation is 1. The van der Waals surface area contributed by atoms with Crippen LogP contribution < -0.4 is 0 Å². The summed E-state index contributed by atoms with van der Waals surface area (Å²) < 4.78 is 46.8. The third kappa shape index (κ3) is 4.42. The zero-order valence-electron chi connectivity index (χ0n) is 11.5. The maximum atomic E-state index is 12.3. The molecule has 7 nitrogen and oxygen atoms in total. The van der Waals surface area contributed by atoms with Crippen molar-refractivity contribution >= 4 is 17.4 Å². The first-order valence-electron chi connectivity index (χ1n) is 5.83. The van der Waals surface area contributed by atoms with Gasteiger partial charge < -0.3 is 9.05 Å². The van der Waals surface area contributed by atoms with Gasteiger partial charge in [-0.05, 0) is 19.9 Å². The molecule has 0 aliphatic carbocycles. The van der Waals surface area contributed by atoms with Gasteiger partial charge in [-0.25, -0.2) is 8.42 Å². The highest BCUT2D eigenvalue weighted by Gasteiger charge is 2.27. The third-order valence-electron chi connectivity index (χ3n) is 2.27. The molecule has 0 saturated carbocycles. The Kier molecular flexibility index (Phi) is 5.32. The van der Waals surface area contributed by atoms with Crippen LogP contribution >= 0.6 is 7.60 Å². The van der Waals surface area contributed by atoms with Crippen LogP contribution in [0.4, 0.5) is 0 Å². The zero-order valence-corrected chi connectivity index (χ0v) is 13.2. The molecule has 0 radical (unpaired) electrons. The molecule has 1 aromatic heterocycles. The van der Waals surface area contributed by atoms with E-state index in [4.69, 9.17) is 9.05 Å². The van der Waals surface area contributed by atoms with Crippen LogP contribution in [0, 0.1) is 0 Å². The summed E-state index contributed by atoms with van der Waals surface area (Å²) in [7, 11) is -5.11. The normalized spacial score (nSPS) is 12.8. The monoisotopic (exact) mass is 310 g/mol. The Morgan fingerprint density at radius 2 is 1.84 bits per heavy atom. The molecular formula is C10H19N2O5PS. The van der Waals surface area contributed by atoms with Gasteiger partial charge in [0.1, 0.15) is 0 Å². The van der Waals surface area contributed by atoms with Crippen molar-refractivity contribution in [2.45, 2.75) is 25.0 Å². The van der Waals surface area contributed by atoms with E-state index in [0.29, 0.717) is 5.69 Å². The lowest BCUT2D eigenvalue weighted by atomic mass is 10.5. The average Bonchev–Trinajstić information content (AvgIpc) is 2.59. The largest absolute Gasteiger partial charge is 0.336 e. The molecule has 0 aliphatic rings. The Hall–Kier alpha value is -0.690. The van der Waals surface area contributed by atoms with Crippen molar-refractivity contribution in [2.24, 2.45) is 7.05 Å². The van der Waals surface area contributed by atoms with E-state index in [-0.39, 0.29) is 24.4 Å². The number of hydrogen-bond donors (Lipinski definition) is 0. The van der Waals surface area contributed by atoms with Gasteiger partial charge in [-0.15, -0.1) is 0 Å². The fourth-order valence-electron chi connectivity index (χ4n) is 1.65. The van der Waals surface area contributed by atoms with Crippen LogP contribution in [-0.4, -0.2) is 37.7 Å². The van der Waals surface area contributed by atoms with Gasteiger partial charge >= 0.3 is 7.60 Å². The van der Waals surface area contributed by atoms with Crippen LogP contribution in [0.2, 0.25) is 0 Å². The standard InChI is InChI=1S/C10H19N2O5PS/c1-5-16-18(13,17-6-2)8-9-7-10(12(3)11-9)19(4,14)15/h7H,5-6,8H2,1-4H3. The second kappa shape index (κ2) is 6.17. The molecule has 0 amide bonds. The molecule has 0 bridgehead atoms. The van der Waals surface area contributed by atoms with E-state index in [1.165, 1.54) is 17.8 Å². The van der Waals surface area contributed by atoms with E-state index < -0.39 is 17.4 Å². The van der Waals surface area contributed by atoms with Gasteiger partial charge in [0.25, 0.3) is 0 Å². The summed E-state index contributed by atoms with van der Waals surface area (Å²) in [5.41, 5.74) is 0.369. The molecule has 0 aromatic carbocycles. The average molecular weight is 310 g/mol. The Morgan fingerprint density at radius 3 is 2.21 bits per heavy atom. The summed E-state index contributed by atoms with van der Waals surface area (Å²) in [4.78, 5) is 0. The van der Waals surface area contributed by atoms with Crippen molar-refractivity contribution < 1.29 is 22.0 Å². The van der Waals surface area contributed by atoms with Gasteiger partial charge in [0.05, 0.1) is 25.1 Å². The Morgan fingerprint density at radius 1 is 1.32 bits per heavy atom. The topological polar surface area (TPSA) is 87.5 Å². The van der Waals surface area contributed by atoms with Crippen molar-refractivity contribution in [3.05, 3.63) is 11.8 Å². The molecule has 0 atom stereocenters. The van der Waals surface area contributed by atoms with E-state index >= 15 is 0 Å². The predicted molar refractivity (Wildman–Crippen MR) is 70.9 cm³/mol. The summed E-state index contributed by atoms with van der Waals surface area (Å²) in [5, 5.41) is 4.10. The van der Waals surface area contributed by atoms with Crippen molar-refractivity contribution in [3.8, 4) is 0 Å². The van der Waals surface area contributed by atoms with Crippen LogP contribution in [0.25, 0.3) is 0 Å². The quantitative estimate of drug-likeness (QED) is 0.711. The number of sulfone groups is 1. The highest BCUT2D eigenvalue weighted by Crippen LogP contribution is 2.51. The van der Waals surface area contributed by atoms with E-state index in [1.807, 2.05) is 0 Å². The number of aromatic nitrogens is 2. The number of hydrogen-bond acceptors (Lipinski definition) is 6. The molecule has 19 heavy (non-hydrogen) atoms. The lowest BCUT2D eigenvalue weighted by Crippen LogP contribution is -2.05.